The van der Waals surface area contributed by atoms with Gasteiger partial charge in [-0.1, -0.05) is 36.4 Å². The standard InChI is InChI=1S/C15H17N3O/c1-11-7-8-13(16)9-14(11)18-15(19)17-10-12-5-3-2-4-6-12/h2-9H,10,16H2,1H3,(H2,17,18,19). The summed E-state index contributed by atoms with van der Waals surface area (Å²) in [6, 6.07) is 14.9. The van der Waals surface area contributed by atoms with Crippen LogP contribution < -0.4 is 16.4 Å². The van der Waals surface area contributed by atoms with Gasteiger partial charge in [0, 0.05) is 17.9 Å². The van der Waals surface area contributed by atoms with Crippen molar-refractivity contribution < 1.29 is 4.79 Å². The fraction of sp³-hybridized carbons (Fsp3) is 0.133. The fourth-order valence-electron chi connectivity index (χ4n) is 1.72. The van der Waals surface area contributed by atoms with Gasteiger partial charge < -0.3 is 16.4 Å². The van der Waals surface area contributed by atoms with Crippen molar-refractivity contribution in [2.45, 2.75) is 13.5 Å². The first-order valence-electron chi connectivity index (χ1n) is 6.10. The van der Waals surface area contributed by atoms with E-state index in [4.69, 9.17) is 5.73 Å². The number of benzene rings is 2. The summed E-state index contributed by atoms with van der Waals surface area (Å²) >= 11 is 0. The van der Waals surface area contributed by atoms with E-state index in [0.29, 0.717) is 12.2 Å². The normalized spacial score (nSPS) is 9.95. The Bertz CT molecular complexity index is 567. The molecule has 4 heteroatoms. The smallest absolute Gasteiger partial charge is 0.319 e. The molecular formula is C15H17N3O. The number of rotatable bonds is 3. The first-order chi connectivity index (χ1) is 9.15. The van der Waals surface area contributed by atoms with Crippen LogP contribution >= 0.6 is 0 Å². The third kappa shape index (κ3) is 3.74. The molecule has 0 aromatic heterocycles. The minimum atomic E-state index is -0.238. The predicted octanol–water partition coefficient (Wildman–Crippen LogP) is 2.90. The fourth-order valence-corrected chi connectivity index (χ4v) is 1.72. The highest BCUT2D eigenvalue weighted by atomic mass is 16.2. The Morgan fingerprint density at radius 1 is 1.16 bits per heavy atom. The van der Waals surface area contributed by atoms with Gasteiger partial charge in [0.1, 0.15) is 0 Å². The van der Waals surface area contributed by atoms with Crippen LogP contribution in [0.4, 0.5) is 16.2 Å². The molecule has 0 aliphatic rings. The molecule has 19 heavy (non-hydrogen) atoms. The number of hydrogen-bond donors (Lipinski definition) is 3. The van der Waals surface area contributed by atoms with Crippen molar-refractivity contribution in [1.82, 2.24) is 5.32 Å². The highest BCUT2D eigenvalue weighted by Crippen LogP contribution is 2.17. The molecule has 0 heterocycles. The van der Waals surface area contributed by atoms with Crippen LogP contribution in [0.25, 0.3) is 0 Å². The maximum atomic E-state index is 11.8. The van der Waals surface area contributed by atoms with Crippen molar-refractivity contribution in [3.05, 3.63) is 59.7 Å². The molecule has 4 N–H and O–H groups in total. The maximum absolute atomic E-state index is 11.8. The molecular weight excluding hydrogens is 238 g/mol. The average Bonchev–Trinajstić information content (AvgIpc) is 2.42. The molecule has 0 saturated heterocycles. The van der Waals surface area contributed by atoms with Crippen LogP contribution in [0.5, 0.6) is 0 Å². The number of urea groups is 1. The molecule has 0 radical (unpaired) electrons. The van der Waals surface area contributed by atoms with Crippen LogP contribution in [0.1, 0.15) is 11.1 Å². The molecule has 0 bridgehead atoms. The molecule has 0 unspecified atom stereocenters. The Kier molecular flexibility index (Phi) is 4.03. The van der Waals surface area contributed by atoms with E-state index in [1.54, 1.807) is 6.07 Å². The molecule has 0 spiro atoms. The molecule has 2 rings (SSSR count). The number of nitrogen functional groups attached to an aromatic ring is 1. The molecule has 2 amide bonds. The molecule has 2 aromatic carbocycles. The van der Waals surface area contributed by atoms with Gasteiger partial charge in [-0.05, 0) is 30.2 Å². The van der Waals surface area contributed by atoms with Gasteiger partial charge >= 0.3 is 6.03 Å². The summed E-state index contributed by atoms with van der Waals surface area (Å²) in [4.78, 5) is 11.8. The number of anilines is 2. The lowest BCUT2D eigenvalue weighted by molar-refractivity contribution is 0.251. The average molecular weight is 255 g/mol. The van der Waals surface area contributed by atoms with Gasteiger partial charge in [-0.3, -0.25) is 0 Å². The van der Waals surface area contributed by atoms with Gasteiger partial charge in [-0.15, -0.1) is 0 Å². The van der Waals surface area contributed by atoms with E-state index in [1.807, 2.05) is 49.4 Å². The van der Waals surface area contributed by atoms with Crippen molar-refractivity contribution in [3.8, 4) is 0 Å². The van der Waals surface area contributed by atoms with Gasteiger partial charge in [0.25, 0.3) is 0 Å². The summed E-state index contributed by atoms with van der Waals surface area (Å²) in [5, 5.41) is 5.59. The van der Waals surface area contributed by atoms with E-state index in [2.05, 4.69) is 10.6 Å². The van der Waals surface area contributed by atoms with E-state index in [-0.39, 0.29) is 6.03 Å². The summed E-state index contributed by atoms with van der Waals surface area (Å²) in [7, 11) is 0. The third-order valence-electron chi connectivity index (χ3n) is 2.81. The Balaban J connectivity index is 1.93. The molecule has 98 valence electrons. The van der Waals surface area contributed by atoms with Gasteiger partial charge in [0.15, 0.2) is 0 Å². The number of nitrogens with one attached hydrogen (secondary N) is 2. The number of nitrogens with two attached hydrogens (primary N) is 1. The minimum Gasteiger partial charge on any atom is -0.399 e. The second-order valence-corrected chi connectivity index (χ2v) is 4.37. The number of carbonyl (C=O) groups excluding carboxylic acids is 1. The van der Waals surface area contributed by atoms with Crippen LogP contribution in [0, 0.1) is 6.92 Å². The van der Waals surface area contributed by atoms with Gasteiger partial charge in [0.05, 0.1) is 0 Å². The number of hydrogen-bond acceptors (Lipinski definition) is 2. The second kappa shape index (κ2) is 5.91. The van der Waals surface area contributed by atoms with E-state index in [0.717, 1.165) is 16.8 Å². The summed E-state index contributed by atoms with van der Waals surface area (Å²) < 4.78 is 0. The number of amides is 2. The lowest BCUT2D eigenvalue weighted by Gasteiger charge is -2.10. The second-order valence-electron chi connectivity index (χ2n) is 4.37. The molecule has 0 aliphatic carbocycles. The van der Waals surface area contributed by atoms with Gasteiger partial charge in [-0.2, -0.15) is 0 Å². The minimum absolute atomic E-state index is 0.238. The summed E-state index contributed by atoms with van der Waals surface area (Å²) in [6.45, 7) is 2.42. The summed E-state index contributed by atoms with van der Waals surface area (Å²) in [5.41, 5.74) is 9.09. The van der Waals surface area contributed by atoms with Gasteiger partial charge in [0.2, 0.25) is 0 Å². The van der Waals surface area contributed by atoms with Crippen LogP contribution in [-0.2, 0) is 6.54 Å². The van der Waals surface area contributed by atoms with Crippen LogP contribution in [-0.4, -0.2) is 6.03 Å². The molecule has 0 saturated carbocycles. The lowest BCUT2D eigenvalue weighted by Crippen LogP contribution is -2.28. The van der Waals surface area contributed by atoms with Crippen LogP contribution in [0.2, 0.25) is 0 Å². The van der Waals surface area contributed by atoms with E-state index >= 15 is 0 Å². The first kappa shape index (κ1) is 13.0. The first-order valence-corrected chi connectivity index (χ1v) is 6.10. The van der Waals surface area contributed by atoms with Crippen molar-refractivity contribution in [1.29, 1.82) is 0 Å². The Labute approximate surface area is 112 Å². The zero-order valence-electron chi connectivity index (χ0n) is 10.8. The maximum Gasteiger partial charge on any atom is 0.319 e. The SMILES string of the molecule is Cc1ccc(N)cc1NC(=O)NCc1ccccc1. The Morgan fingerprint density at radius 3 is 2.63 bits per heavy atom. The van der Waals surface area contributed by atoms with E-state index < -0.39 is 0 Å². The Hall–Kier alpha value is -2.49. The third-order valence-corrected chi connectivity index (χ3v) is 2.81. The highest BCUT2D eigenvalue weighted by Gasteiger charge is 2.04. The molecule has 2 aromatic rings. The Morgan fingerprint density at radius 2 is 1.89 bits per heavy atom. The van der Waals surface area contributed by atoms with Crippen molar-refractivity contribution in [3.63, 3.8) is 0 Å². The lowest BCUT2D eigenvalue weighted by atomic mass is 10.2. The number of aryl methyl sites for hydroxylation is 1. The van der Waals surface area contributed by atoms with E-state index in [1.165, 1.54) is 0 Å². The monoisotopic (exact) mass is 255 g/mol. The number of carbonyl (C=O) groups is 1. The largest absolute Gasteiger partial charge is 0.399 e. The van der Waals surface area contributed by atoms with Crippen molar-refractivity contribution in [2.75, 3.05) is 11.1 Å². The van der Waals surface area contributed by atoms with Gasteiger partial charge in [-0.25, -0.2) is 4.79 Å². The summed E-state index contributed by atoms with van der Waals surface area (Å²) in [6.07, 6.45) is 0. The molecule has 0 aliphatic heterocycles. The quantitative estimate of drug-likeness (QED) is 0.738. The topological polar surface area (TPSA) is 67.1 Å². The van der Waals surface area contributed by atoms with E-state index in [9.17, 15) is 4.79 Å². The predicted molar refractivity (Wildman–Crippen MR) is 77.9 cm³/mol. The van der Waals surface area contributed by atoms with Crippen LogP contribution in [0.15, 0.2) is 48.5 Å². The van der Waals surface area contributed by atoms with Crippen molar-refractivity contribution >= 4 is 17.4 Å². The molecule has 0 fully saturated rings. The zero-order valence-corrected chi connectivity index (χ0v) is 10.8. The molecule has 4 nitrogen and oxygen atoms in total. The van der Waals surface area contributed by atoms with Crippen molar-refractivity contribution in [2.24, 2.45) is 0 Å². The zero-order chi connectivity index (χ0) is 13.7. The van der Waals surface area contributed by atoms with Crippen LogP contribution in [0.3, 0.4) is 0 Å². The molecule has 0 atom stereocenters. The summed E-state index contributed by atoms with van der Waals surface area (Å²) in [5.74, 6) is 0. The highest BCUT2D eigenvalue weighted by molar-refractivity contribution is 5.90.